The first-order valence-electron chi connectivity index (χ1n) is 8.87. The van der Waals surface area contributed by atoms with Gasteiger partial charge in [-0.2, -0.15) is 0 Å². The maximum Gasteiger partial charge on any atom is 0.238 e. The van der Waals surface area contributed by atoms with Crippen molar-refractivity contribution in [1.29, 1.82) is 0 Å². The number of amidine groups is 1. The highest BCUT2D eigenvalue weighted by atomic mass is 35.5. The monoisotopic (exact) mass is 451 g/mol. The van der Waals surface area contributed by atoms with E-state index in [9.17, 15) is 9.59 Å². The van der Waals surface area contributed by atoms with Crippen LogP contribution in [0.1, 0.15) is 13.3 Å². The van der Waals surface area contributed by atoms with Crippen molar-refractivity contribution in [1.82, 2.24) is 4.90 Å². The minimum atomic E-state index is -0.613. The van der Waals surface area contributed by atoms with E-state index < -0.39 is 5.25 Å². The van der Waals surface area contributed by atoms with Crippen LogP contribution in [0.5, 0.6) is 5.75 Å². The number of nitrogens with zero attached hydrogens (tertiary/aromatic N) is 2. The van der Waals surface area contributed by atoms with E-state index in [0.717, 1.165) is 5.75 Å². The van der Waals surface area contributed by atoms with Crippen LogP contribution < -0.4 is 10.1 Å². The summed E-state index contributed by atoms with van der Waals surface area (Å²) in [6, 6.07) is 12.0. The smallest absolute Gasteiger partial charge is 0.238 e. The molecule has 1 saturated heterocycles. The molecule has 2 aromatic rings. The van der Waals surface area contributed by atoms with Gasteiger partial charge in [0.1, 0.15) is 11.0 Å². The maximum atomic E-state index is 12.7. The van der Waals surface area contributed by atoms with Gasteiger partial charge >= 0.3 is 0 Å². The molecule has 0 aromatic heterocycles. The van der Waals surface area contributed by atoms with Gasteiger partial charge < -0.3 is 10.1 Å². The largest absolute Gasteiger partial charge is 0.494 e. The number of benzene rings is 2. The van der Waals surface area contributed by atoms with Crippen LogP contribution in [-0.4, -0.2) is 40.8 Å². The molecule has 1 aliphatic rings. The van der Waals surface area contributed by atoms with Gasteiger partial charge in [-0.15, -0.1) is 0 Å². The molecule has 1 N–H and O–H groups in total. The number of ether oxygens (including phenoxy) is 1. The summed E-state index contributed by atoms with van der Waals surface area (Å²) in [7, 11) is 1.65. The number of hydrogen-bond donors (Lipinski definition) is 1. The summed E-state index contributed by atoms with van der Waals surface area (Å²) >= 11 is 13.2. The number of carbonyl (C=O) groups excluding carboxylic acids is 2. The zero-order chi connectivity index (χ0) is 21.0. The first-order valence-corrected chi connectivity index (χ1v) is 10.5. The Bertz CT molecular complexity index is 930. The number of carbonyl (C=O) groups is 2. The zero-order valence-corrected chi connectivity index (χ0v) is 18.1. The van der Waals surface area contributed by atoms with Gasteiger partial charge in [-0.3, -0.25) is 14.5 Å². The van der Waals surface area contributed by atoms with Crippen LogP contribution in [0.2, 0.25) is 10.0 Å². The molecule has 2 aromatic carbocycles. The average Bonchev–Trinajstić information content (AvgIpc) is 2.66. The standard InChI is InChI=1S/C20H19Cl2N3O3S/c1-3-28-16-6-4-14(5-7-16)24-20-25(2)18(26)11-17(29-20)19(27)23-15-9-12(21)8-13(22)10-15/h4-10,17H,3,11H2,1-2H3,(H,23,27). The second-order valence-corrected chi connectivity index (χ2v) is 8.27. The number of halogens is 2. The number of anilines is 1. The van der Waals surface area contributed by atoms with Crippen LogP contribution in [0.25, 0.3) is 0 Å². The van der Waals surface area contributed by atoms with E-state index in [1.54, 1.807) is 37.4 Å². The Balaban J connectivity index is 1.76. The number of thioether (sulfide) groups is 1. The maximum absolute atomic E-state index is 12.7. The summed E-state index contributed by atoms with van der Waals surface area (Å²) in [6.45, 7) is 2.49. The number of hydrogen-bond acceptors (Lipinski definition) is 5. The summed E-state index contributed by atoms with van der Waals surface area (Å²) in [5, 5.41) is 3.43. The second kappa shape index (κ2) is 9.52. The fourth-order valence-corrected chi connectivity index (χ4v) is 4.23. The van der Waals surface area contributed by atoms with E-state index in [-0.39, 0.29) is 18.2 Å². The van der Waals surface area contributed by atoms with Gasteiger partial charge in [0, 0.05) is 29.2 Å². The van der Waals surface area contributed by atoms with Crippen LogP contribution in [0.4, 0.5) is 11.4 Å². The predicted octanol–water partition coefficient (Wildman–Crippen LogP) is 4.98. The van der Waals surface area contributed by atoms with Crippen LogP contribution in [-0.2, 0) is 9.59 Å². The van der Waals surface area contributed by atoms with Gasteiger partial charge in [0.2, 0.25) is 11.8 Å². The SMILES string of the molecule is CCOc1ccc(N=C2SC(C(=O)Nc3cc(Cl)cc(Cl)c3)CC(=O)N2C)cc1. The summed E-state index contributed by atoms with van der Waals surface area (Å²) in [5.41, 5.74) is 1.14. The molecular formula is C20H19Cl2N3O3S. The molecule has 0 saturated carbocycles. The van der Waals surface area contributed by atoms with Gasteiger partial charge in [-0.1, -0.05) is 35.0 Å². The molecule has 1 atom stereocenters. The fraction of sp³-hybridized carbons (Fsp3) is 0.250. The lowest BCUT2D eigenvalue weighted by atomic mass is 10.2. The van der Waals surface area contributed by atoms with Crippen molar-refractivity contribution in [3.05, 3.63) is 52.5 Å². The van der Waals surface area contributed by atoms with Crippen LogP contribution >= 0.6 is 35.0 Å². The highest BCUT2D eigenvalue weighted by Gasteiger charge is 2.34. The highest BCUT2D eigenvalue weighted by molar-refractivity contribution is 8.15. The molecule has 1 fully saturated rings. The number of aliphatic imine (C=N–C) groups is 1. The van der Waals surface area contributed by atoms with E-state index in [1.165, 1.54) is 16.7 Å². The second-order valence-electron chi connectivity index (χ2n) is 6.23. The average molecular weight is 452 g/mol. The van der Waals surface area contributed by atoms with E-state index in [1.807, 2.05) is 19.1 Å². The van der Waals surface area contributed by atoms with E-state index >= 15 is 0 Å². The minimum absolute atomic E-state index is 0.0730. The highest BCUT2D eigenvalue weighted by Crippen LogP contribution is 2.30. The van der Waals surface area contributed by atoms with Gasteiger partial charge in [-0.25, -0.2) is 4.99 Å². The van der Waals surface area contributed by atoms with Gasteiger partial charge in [0.05, 0.1) is 12.3 Å². The van der Waals surface area contributed by atoms with Crippen molar-refractivity contribution in [2.24, 2.45) is 4.99 Å². The Morgan fingerprint density at radius 3 is 2.52 bits per heavy atom. The molecule has 1 heterocycles. The van der Waals surface area contributed by atoms with Crippen molar-refractivity contribution in [3.8, 4) is 5.75 Å². The normalized spacial score (nSPS) is 18.1. The number of nitrogens with one attached hydrogen (secondary N) is 1. The molecule has 2 amide bonds. The lowest BCUT2D eigenvalue weighted by molar-refractivity contribution is -0.128. The van der Waals surface area contributed by atoms with Crippen LogP contribution in [0.15, 0.2) is 47.5 Å². The van der Waals surface area contributed by atoms with Crippen LogP contribution in [0.3, 0.4) is 0 Å². The third kappa shape index (κ3) is 5.65. The first kappa shape index (κ1) is 21.5. The van der Waals surface area contributed by atoms with Crippen molar-refractivity contribution >= 4 is 63.3 Å². The van der Waals surface area contributed by atoms with Crippen molar-refractivity contribution in [3.63, 3.8) is 0 Å². The lowest BCUT2D eigenvalue weighted by Gasteiger charge is -2.28. The van der Waals surface area contributed by atoms with Crippen LogP contribution in [0, 0.1) is 0 Å². The molecule has 29 heavy (non-hydrogen) atoms. The molecule has 1 unspecified atom stereocenters. The van der Waals surface area contributed by atoms with Gasteiger partial charge in [0.15, 0.2) is 5.17 Å². The molecular weight excluding hydrogens is 433 g/mol. The Morgan fingerprint density at radius 2 is 1.90 bits per heavy atom. The van der Waals surface area contributed by atoms with Gasteiger partial charge in [0.25, 0.3) is 0 Å². The van der Waals surface area contributed by atoms with Crippen molar-refractivity contribution in [2.75, 3.05) is 19.0 Å². The third-order valence-corrected chi connectivity index (χ3v) is 5.74. The van der Waals surface area contributed by atoms with Crippen molar-refractivity contribution in [2.45, 2.75) is 18.6 Å². The quantitative estimate of drug-likeness (QED) is 0.695. The number of amides is 2. The molecule has 3 rings (SSSR count). The predicted molar refractivity (Wildman–Crippen MR) is 119 cm³/mol. The van der Waals surface area contributed by atoms with E-state index in [2.05, 4.69) is 10.3 Å². The van der Waals surface area contributed by atoms with E-state index in [0.29, 0.717) is 33.2 Å². The summed E-state index contributed by atoms with van der Waals surface area (Å²) in [5.74, 6) is 0.251. The number of rotatable bonds is 5. The lowest BCUT2D eigenvalue weighted by Crippen LogP contribution is -2.43. The molecule has 0 bridgehead atoms. The topological polar surface area (TPSA) is 71.0 Å². The molecule has 6 nitrogen and oxygen atoms in total. The Hall–Kier alpha value is -2.22. The fourth-order valence-electron chi connectivity index (χ4n) is 2.64. The van der Waals surface area contributed by atoms with E-state index in [4.69, 9.17) is 27.9 Å². The Morgan fingerprint density at radius 1 is 1.24 bits per heavy atom. The Labute approximate surface area is 183 Å². The molecule has 0 radical (unpaired) electrons. The summed E-state index contributed by atoms with van der Waals surface area (Å²) < 4.78 is 5.42. The molecule has 0 spiro atoms. The minimum Gasteiger partial charge on any atom is -0.494 e. The third-order valence-electron chi connectivity index (χ3n) is 4.06. The molecule has 0 aliphatic carbocycles. The molecule has 1 aliphatic heterocycles. The zero-order valence-electron chi connectivity index (χ0n) is 15.8. The first-order chi connectivity index (χ1) is 13.9. The van der Waals surface area contributed by atoms with Crippen molar-refractivity contribution < 1.29 is 14.3 Å². The van der Waals surface area contributed by atoms with Gasteiger partial charge in [-0.05, 0) is 49.4 Å². The molecule has 152 valence electrons. The Kier molecular flexibility index (Phi) is 7.05. The molecule has 9 heteroatoms. The summed E-state index contributed by atoms with van der Waals surface area (Å²) in [4.78, 5) is 31.1. The summed E-state index contributed by atoms with van der Waals surface area (Å²) in [6.07, 6.45) is 0.0730.